The standard InChI is InChI=1S/C20H21FN8O3/c1-10-9-23-29(28-10)15-7-12(21)6-14(18(15)32-3)24-13-8-16(25-19(30)11-4-5-11)26-27-17(13)20(31)22-2/h6-9,11H,4-5H2,1-3H3,(H,22,31)(H2,24,25,26,30)/i2D3. The zero-order valence-corrected chi connectivity index (χ0v) is 17.1. The fourth-order valence-corrected chi connectivity index (χ4v) is 2.98. The van der Waals surface area contributed by atoms with E-state index in [1.54, 1.807) is 6.92 Å². The average molecular weight is 443 g/mol. The van der Waals surface area contributed by atoms with E-state index in [9.17, 15) is 14.0 Å². The molecule has 1 aromatic carbocycles. The quantitative estimate of drug-likeness (QED) is 0.504. The second-order valence-electron chi connectivity index (χ2n) is 7.12. The highest BCUT2D eigenvalue weighted by atomic mass is 19.1. The van der Waals surface area contributed by atoms with Gasteiger partial charge in [-0.1, -0.05) is 0 Å². The normalized spacial score (nSPS) is 14.7. The van der Waals surface area contributed by atoms with Gasteiger partial charge >= 0.3 is 0 Å². The molecule has 1 aliphatic carbocycles. The van der Waals surface area contributed by atoms with Crippen LogP contribution in [0.15, 0.2) is 24.4 Å². The third-order valence-electron chi connectivity index (χ3n) is 4.65. The number of halogens is 1. The van der Waals surface area contributed by atoms with Crippen LogP contribution >= 0.6 is 0 Å². The molecule has 0 spiro atoms. The van der Waals surface area contributed by atoms with E-state index >= 15 is 0 Å². The van der Waals surface area contributed by atoms with Crippen molar-refractivity contribution in [1.82, 2.24) is 30.5 Å². The average Bonchev–Trinajstić information content (AvgIpc) is 3.53. The van der Waals surface area contributed by atoms with Crippen LogP contribution in [-0.4, -0.2) is 51.1 Å². The number of rotatable bonds is 7. The monoisotopic (exact) mass is 443 g/mol. The van der Waals surface area contributed by atoms with Crippen LogP contribution in [0.1, 0.15) is 33.1 Å². The van der Waals surface area contributed by atoms with Gasteiger partial charge in [0.05, 0.1) is 30.4 Å². The summed E-state index contributed by atoms with van der Waals surface area (Å²) in [6, 6.07) is 3.56. The lowest BCUT2D eigenvalue weighted by atomic mass is 10.2. The first-order valence-corrected chi connectivity index (χ1v) is 9.59. The molecule has 2 heterocycles. The van der Waals surface area contributed by atoms with Crippen molar-refractivity contribution >= 4 is 29.0 Å². The summed E-state index contributed by atoms with van der Waals surface area (Å²) in [5, 5.41) is 23.1. The molecule has 0 unspecified atom stereocenters. The predicted molar refractivity (Wildman–Crippen MR) is 113 cm³/mol. The summed E-state index contributed by atoms with van der Waals surface area (Å²) in [6.45, 7) is -1.08. The van der Waals surface area contributed by atoms with Crippen molar-refractivity contribution in [3.05, 3.63) is 41.6 Å². The number of benzene rings is 1. The molecule has 3 N–H and O–H groups in total. The van der Waals surface area contributed by atoms with E-state index in [0.29, 0.717) is 5.69 Å². The number of nitrogens with one attached hydrogen (secondary N) is 3. The number of ether oxygens (including phenoxy) is 1. The first-order chi connectivity index (χ1) is 16.5. The molecule has 0 bridgehead atoms. The Kier molecular flexibility index (Phi) is 4.71. The number of aryl methyl sites for hydroxylation is 1. The zero-order valence-electron chi connectivity index (χ0n) is 20.1. The van der Waals surface area contributed by atoms with Gasteiger partial charge in [-0.3, -0.25) is 9.59 Å². The molecular weight excluding hydrogens is 419 g/mol. The lowest BCUT2D eigenvalue weighted by Gasteiger charge is -2.16. The molecule has 0 atom stereocenters. The second-order valence-corrected chi connectivity index (χ2v) is 7.12. The molecule has 2 aromatic heterocycles. The number of aromatic nitrogens is 5. The van der Waals surface area contributed by atoms with Gasteiger partial charge in [-0.05, 0) is 19.8 Å². The highest BCUT2D eigenvalue weighted by Crippen LogP contribution is 2.36. The van der Waals surface area contributed by atoms with Crippen LogP contribution < -0.4 is 20.7 Å². The zero-order chi connectivity index (χ0) is 25.3. The molecule has 12 heteroatoms. The first-order valence-electron chi connectivity index (χ1n) is 11.1. The van der Waals surface area contributed by atoms with Gasteiger partial charge in [0.1, 0.15) is 11.5 Å². The number of anilines is 3. The molecule has 3 aromatic rings. The number of carbonyl (C=O) groups is 2. The predicted octanol–water partition coefficient (Wildman–Crippen LogP) is 1.97. The fourth-order valence-electron chi connectivity index (χ4n) is 2.98. The van der Waals surface area contributed by atoms with Crippen LogP contribution in [0.25, 0.3) is 5.69 Å². The molecule has 166 valence electrons. The summed E-state index contributed by atoms with van der Waals surface area (Å²) in [5.74, 6) is -1.95. The minimum absolute atomic E-state index is 0.0230. The summed E-state index contributed by atoms with van der Waals surface area (Å²) < 4.78 is 41.9. The van der Waals surface area contributed by atoms with Crippen LogP contribution in [0.4, 0.5) is 21.6 Å². The first kappa shape index (κ1) is 17.6. The van der Waals surface area contributed by atoms with E-state index in [1.807, 2.05) is 5.32 Å². The van der Waals surface area contributed by atoms with Crippen LogP contribution in [0.5, 0.6) is 5.75 Å². The Morgan fingerprint density at radius 1 is 1.25 bits per heavy atom. The Bertz CT molecular complexity index is 1290. The van der Waals surface area contributed by atoms with Gasteiger partial charge in [0.25, 0.3) is 5.91 Å². The van der Waals surface area contributed by atoms with Gasteiger partial charge in [0.15, 0.2) is 17.3 Å². The molecule has 0 aliphatic heterocycles. The van der Waals surface area contributed by atoms with Crippen molar-refractivity contribution in [1.29, 1.82) is 0 Å². The van der Waals surface area contributed by atoms with Crippen LogP contribution in [0.3, 0.4) is 0 Å². The van der Waals surface area contributed by atoms with Gasteiger partial charge in [-0.25, -0.2) is 4.39 Å². The lowest BCUT2D eigenvalue weighted by Crippen LogP contribution is -2.22. The number of hydrogen-bond donors (Lipinski definition) is 3. The number of methoxy groups -OCH3 is 1. The molecule has 0 radical (unpaired) electrons. The van der Waals surface area contributed by atoms with Gasteiger partial charge in [0, 0.05) is 35.2 Å². The van der Waals surface area contributed by atoms with Crippen molar-refractivity contribution in [2.75, 3.05) is 24.7 Å². The van der Waals surface area contributed by atoms with E-state index in [2.05, 4.69) is 31.0 Å². The van der Waals surface area contributed by atoms with E-state index < -0.39 is 24.4 Å². The fraction of sp³-hybridized carbons (Fsp3) is 0.300. The highest BCUT2D eigenvalue weighted by molar-refractivity contribution is 6.00. The summed E-state index contributed by atoms with van der Waals surface area (Å²) in [6.07, 6.45) is 3.00. The van der Waals surface area contributed by atoms with E-state index in [4.69, 9.17) is 8.85 Å². The van der Waals surface area contributed by atoms with Crippen LogP contribution in [0.2, 0.25) is 0 Å². The Hall–Kier alpha value is -4.09. The molecule has 4 rings (SSSR count). The summed E-state index contributed by atoms with van der Waals surface area (Å²) in [4.78, 5) is 25.9. The number of nitrogens with zero attached hydrogens (tertiary/aromatic N) is 5. The summed E-state index contributed by atoms with van der Waals surface area (Å²) in [7, 11) is 1.35. The molecular formula is C20H21FN8O3. The number of hydrogen-bond acceptors (Lipinski definition) is 8. The Morgan fingerprint density at radius 2 is 2.06 bits per heavy atom. The van der Waals surface area contributed by atoms with Crippen LogP contribution in [-0.2, 0) is 4.79 Å². The summed E-state index contributed by atoms with van der Waals surface area (Å²) >= 11 is 0. The third kappa shape index (κ3) is 4.33. The van der Waals surface area contributed by atoms with Crippen molar-refractivity contribution in [3.8, 4) is 11.4 Å². The Labute approximate surface area is 186 Å². The van der Waals surface area contributed by atoms with Crippen molar-refractivity contribution in [3.63, 3.8) is 0 Å². The molecule has 1 aliphatic rings. The van der Waals surface area contributed by atoms with Crippen LogP contribution in [0, 0.1) is 18.7 Å². The van der Waals surface area contributed by atoms with E-state index in [1.165, 1.54) is 24.2 Å². The minimum Gasteiger partial charge on any atom is -0.492 e. The van der Waals surface area contributed by atoms with Gasteiger partial charge in [-0.15, -0.1) is 15.0 Å². The SMILES string of the molecule is [2H]C([2H])([2H])NC(=O)c1nnc(NC(=O)C2CC2)cc1Nc1cc(F)cc(-n2ncc(C)n2)c1OC. The Balaban J connectivity index is 1.76. The molecule has 11 nitrogen and oxygen atoms in total. The second kappa shape index (κ2) is 8.57. The maximum Gasteiger partial charge on any atom is 0.273 e. The smallest absolute Gasteiger partial charge is 0.273 e. The molecule has 1 fully saturated rings. The molecule has 32 heavy (non-hydrogen) atoms. The van der Waals surface area contributed by atoms with E-state index in [-0.39, 0.29) is 40.5 Å². The van der Waals surface area contributed by atoms with Gasteiger partial charge in [-0.2, -0.15) is 10.2 Å². The van der Waals surface area contributed by atoms with Crippen molar-refractivity contribution < 1.29 is 22.8 Å². The van der Waals surface area contributed by atoms with Crippen molar-refractivity contribution in [2.24, 2.45) is 5.92 Å². The number of amides is 2. The largest absolute Gasteiger partial charge is 0.492 e. The van der Waals surface area contributed by atoms with Crippen molar-refractivity contribution in [2.45, 2.75) is 19.8 Å². The molecule has 1 saturated carbocycles. The lowest BCUT2D eigenvalue weighted by molar-refractivity contribution is -0.117. The van der Waals surface area contributed by atoms with Gasteiger partial charge in [0.2, 0.25) is 5.91 Å². The molecule has 0 saturated heterocycles. The Morgan fingerprint density at radius 3 is 2.72 bits per heavy atom. The summed E-state index contributed by atoms with van der Waals surface area (Å²) in [5.41, 5.74) is 0.372. The van der Waals surface area contributed by atoms with Gasteiger partial charge < -0.3 is 20.7 Å². The highest BCUT2D eigenvalue weighted by Gasteiger charge is 2.30. The topological polar surface area (TPSA) is 136 Å². The maximum atomic E-state index is 14.6. The minimum atomic E-state index is -2.79. The third-order valence-corrected chi connectivity index (χ3v) is 4.65. The molecule has 2 amide bonds. The maximum absolute atomic E-state index is 14.6. The van der Waals surface area contributed by atoms with E-state index in [0.717, 1.165) is 25.0 Å². The number of carbonyl (C=O) groups excluding carboxylic acids is 2.